The lowest BCUT2D eigenvalue weighted by atomic mass is 10.2. The molecular formula is C10H14N2O. The third kappa shape index (κ3) is 2.05. The van der Waals surface area contributed by atoms with Crippen molar-refractivity contribution in [3.05, 3.63) is 29.6 Å². The smallest absolute Gasteiger partial charge is 0.163 e. The molecule has 0 saturated heterocycles. The molecule has 0 atom stereocenters. The first-order valence-electron chi connectivity index (χ1n) is 4.20. The van der Waals surface area contributed by atoms with Gasteiger partial charge in [-0.2, -0.15) is 5.10 Å². The Balaban J connectivity index is 2.99. The highest BCUT2D eigenvalue weighted by molar-refractivity contribution is 5.94. The van der Waals surface area contributed by atoms with E-state index in [1.807, 2.05) is 13.8 Å². The van der Waals surface area contributed by atoms with E-state index in [-0.39, 0.29) is 5.78 Å². The highest BCUT2D eigenvalue weighted by Crippen LogP contribution is 2.09. The lowest BCUT2D eigenvalue weighted by Crippen LogP contribution is -2.04. The van der Waals surface area contributed by atoms with Crippen LogP contribution in [0.2, 0.25) is 0 Å². The second-order valence-corrected chi connectivity index (χ2v) is 3.31. The predicted molar refractivity (Wildman–Crippen MR) is 51.8 cm³/mol. The fraction of sp³-hybridized carbons (Fsp3) is 0.400. The van der Waals surface area contributed by atoms with E-state index in [1.54, 1.807) is 17.8 Å². The van der Waals surface area contributed by atoms with Crippen molar-refractivity contribution >= 4 is 5.78 Å². The highest BCUT2D eigenvalue weighted by atomic mass is 16.1. The van der Waals surface area contributed by atoms with Gasteiger partial charge in [0.25, 0.3) is 0 Å². The van der Waals surface area contributed by atoms with Crippen LogP contribution >= 0.6 is 0 Å². The SMILES string of the molecule is C=C(C)Cn1ncc(C(C)=O)c1C. The summed E-state index contributed by atoms with van der Waals surface area (Å²) < 4.78 is 1.79. The molecule has 1 heterocycles. The van der Waals surface area contributed by atoms with Crippen LogP contribution in [0, 0.1) is 6.92 Å². The Morgan fingerprint density at radius 1 is 1.62 bits per heavy atom. The molecule has 0 bridgehead atoms. The minimum Gasteiger partial charge on any atom is -0.294 e. The second-order valence-electron chi connectivity index (χ2n) is 3.31. The Morgan fingerprint density at radius 3 is 2.62 bits per heavy atom. The largest absolute Gasteiger partial charge is 0.294 e. The van der Waals surface area contributed by atoms with Crippen LogP contribution in [-0.2, 0) is 6.54 Å². The topological polar surface area (TPSA) is 34.9 Å². The number of ketones is 1. The average molecular weight is 178 g/mol. The molecule has 0 aliphatic rings. The molecule has 0 N–H and O–H groups in total. The van der Waals surface area contributed by atoms with Gasteiger partial charge in [-0.05, 0) is 20.8 Å². The summed E-state index contributed by atoms with van der Waals surface area (Å²) in [5, 5.41) is 4.11. The lowest BCUT2D eigenvalue weighted by molar-refractivity contribution is 0.101. The number of nitrogens with zero attached hydrogens (tertiary/aromatic N) is 2. The molecule has 1 aromatic rings. The van der Waals surface area contributed by atoms with Crippen LogP contribution in [0.1, 0.15) is 29.9 Å². The monoisotopic (exact) mass is 178 g/mol. The molecule has 0 spiro atoms. The van der Waals surface area contributed by atoms with Gasteiger partial charge in [0, 0.05) is 5.69 Å². The molecule has 1 aromatic heterocycles. The third-order valence-corrected chi connectivity index (χ3v) is 1.90. The van der Waals surface area contributed by atoms with Crippen molar-refractivity contribution in [3.63, 3.8) is 0 Å². The number of rotatable bonds is 3. The van der Waals surface area contributed by atoms with Gasteiger partial charge in [-0.3, -0.25) is 9.48 Å². The predicted octanol–water partition coefficient (Wildman–Crippen LogP) is 1.97. The molecule has 1 rings (SSSR count). The maximum atomic E-state index is 11.1. The lowest BCUT2D eigenvalue weighted by Gasteiger charge is -2.03. The number of carbonyl (C=O) groups excluding carboxylic acids is 1. The van der Waals surface area contributed by atoms with Gasteiger partial charge < -0.3 is 0 Å². The Bertz CT molecular complexity index is 350. The zero-order valence-corrected chi connectivity index (χ0v) is 8.29. The van der Waals surface area contributed by atoms with Crippen molar-refractivity contribution in [2.75, 3.05) is 0 Å². The van der Waals surface area contributed by atoms with Crippen molar-refractivity contribution in [2.45, 2.75) is 27.3 Å². The van der Waals surface area contributed by atoms with E-state index in [4.69, 9.17) is 0 Å². The molecule has 0 saturated carbocycles. The number of hydrogen-bond donors (Lipinski definition) is 0. The van der Waals surface area contributed by atoms with Crippen LogP contribution in [0.25, 0.3) is 0 Å². The summed E-state index contributed by atoms with van der Waals surface area (Å²) in [5.74, 6) is 0.0606. The summed E-state index contributed by atoms with van der Waals surface area (Å²) in [5.41, 5.74) is 2.64. The molecule has 0 aromatic carbocycles. The standard InChI is InChI=1S/C10H14N2O/c1-7(2)6-12-8(3)10(5-11-12)9(4)13/h5H,1,6H2,2-4H3. The van der Waals surface area contributed by atoms with Gasteiger partial charge in [0.2, 0.25) is 0 Å². The summed E-state index contributed by atoms with van der Waals surface area (Å²) in [4.78, 5) is 11.1. The fourth-order valence-electron chi connectivity index (χ4n) is 1.21. The number of carbonyl (C=O) groups is 1. The van der Waals surface area contributed by atoms with Crippen LogP contribution in [0.4, 0.5) is 0 Å². The first kappa shape index (κ1) is 9.71. The van der Waals surface area contributed by atoms with Crippen LogP contribution in [0.5, 0.6) is 0 Å². The van der Waals surface area contributed by atoms with Crippen molar-refractivity contribution in [1.82, 2.24) is 9.78 Å². The first-order valence-corrected chi connectivity index (χ1v) is 4.20. The molecule has 3 heteroatoms. The minimum atomic E-state index is 0.0606. The van der Waals surface area contributed by atoms with Gasteiger partial charge in [0.15, 0.2) is 5.78 Å². The molecule has 0 aliphatic carbocycles. The van der Waals surface area contributed by atoms with E-state index in [2.05, 4.69) is 11.7 Å². The maximum absolute atomic E-state index is 11.1. The van der Waals surface area contributed by atoms with Gasteiger partial charge in [-0.1, -0.05) is 12.2 Å². The van der Waals surface area contributed by atoms with Crippen LogP contribution < -0.4 is 0 Å². The zero-order chi connectivity index (χ0) is 10.0. The van der Waals surface area contributed by atoms with Gasteiger partial charge in [0.05, 0.1) is 18.3 Å². The van der Waals surface area contributed by atoms with Crippen molar-refractivity contribution in [2.24, 2.45) is 0 Å². The summed E-state index contributed by atoms with van der Waals surface area (Å²) in [7, 11) is 0. The number of aromatic nitrogens is 2. The summed E-state index contributed by atoms with van der Waals surface area (Å²) in [6.07, 6.45) is 1.61. The molecule has 0 unspecified atom stereocenters. The molecule has 0 aliphatic heterocycles. The summed E-state index contributed by atoms with van der Waals surface area (Å²) >= 11 is 0. The zero-order valence-electron chi connectivity index (χ0n) is 8.29. The van der Waals surface area contributed by atoms with Crippen LogP contribution in [-0.4, -0.2) is 15.6 Å². The van der Waals surface area contributed by atoms with Gasteiger partial charge in [-0.15, -0.1) is 0 Å². The van der Waals surface area contributed by atoms with Gasteiger partial charge >= 0.3 is 0 Å². The van der Waals surface area contributed by atoms with E-state index >= 15 is 0 Å². The Labute approximate surface area is 78.1 Å². The van der Waals surface area contributed by atoms with E-state index < -0.39 is 0 Å². The van der Waals surface area contributed by atoms with E-state index in [0.29, 0.717) is 12.1 Å². The average Bonchev–Trinajstić information content (AvgIpc) is 2.32. The number of Topliss-reactive ketones (excluding diaryl/α,β-unsaturated/α-hetero) is 1. The fourth-order valence-corrected chi connectivity index (χ4v) is 1.21. The number of allylic oxidation sites excluding steroid dienone is 1. The van der Waals surface area contributed by atoms with Crippen molar-refractivity contribution in [3.8, 4) is 0 Å². The van der Waals surface area contributed by atoms with E-state index in [0.717, 1.165) is 11.3 Å². The van der Waals surface area contributed by atoms with Crippen LogP contribution in [0.3, 0.4) is 0 Å². The molecule has 0 radical (unpaired) electrons. The normalized spacial score (nSPS) is 10.1. The molecule has 3 nitrogen and oxygen atoms in total. The van der Waals surface area contributed by atoms with E-state index in [9.17, 15) is 4.79 Å². The first-order chi connectivity index (χ1) is 6.02. The number of hydrogen-bond acceptors (Lipinski definition) is 2. The second kappa shape index (κ2) is 3.56. The maximum Gasteiger partial charge on any atom is 0.163 e. The Hall–Kier alpha value is -1.38. The Kier molecular flexibility index (Phi) is 2.66. The molecule has 70 valence electrons. The van der Waals surface area contributed by atoms with Crippen molar-refractivity contribution in [1.29, 1.82) is 0 Å². The van der Waals surface area contributed by atoms with Gasteiger partial charge in [0.1, 0.15) is 0 Å². The van der Waals surface area contributed by atoms with Gasteiger partial charge in [-0.25, -0.2) is 0 Å². The quantitative estimate of drug-likeness (QED) is 0.524. The highest BCUT2D eigenvalue weighted by Gasteiger charge is 2.09. The third-order valence-electron chi connectivity index (χ3n) is 1.90. The Morgan fingerprint density at radius 2 is 2.23 bits per heavy atom. The molecule has 0 amide bonds. The minimum absolute atomic E-state index is 0.0606. The molecule has 0 fully saturated rings. The van der Waals surface area contributed by atoms with Crippen molar-refractivity contribution < 1.29 is 4.79 Å². The summed E-state index contributed by atoms with van der Waals surface area (Å²) in [6.45, 7) is 9.86. The molecule has 13 heavy (non-hydrogen) atoms. The van der Waals surface area contributed by atoms with E-state index in [1.165, 1.54) is 0 Å². The van der Waals surface area contributed by atoms with Crippen LogP contribution in [0.15, 0.2) is 18.3 Å². The molecular weight excluding hydrogens is 164 g/mol. The summed E-state index contributed by atoms with van der Waals surface area (Å²) in [6, 6.07) is 0.